The highest BCUT2D eigenvalue weighted by molar-refractivity contribution is 5.82. The first kappa shape index (κ1) is 24.4. The van der Waals surface area contributed by atoms with Gasteiger partial charge in [0.05, 0.1) is 6.61 Å². The summed E-state index contributed by atoms with van der Waals surface area (Å²) in [5.41, 5.74) is 5.35. The Balaban J connectivity index is 2.00. The molecule has 9 nitrogen and oxygen atoms in total. The molecule has 0 aromatic heterocycles. The molecule has 1 fully saturated rings. The van der Waals surface area contributed by atoms with Crippen LogP contribution in [0.15, 0.2) is 24.3 Å². The highest BCUT2D eigenvalue weighted by Crippen LogP contribution is 2.31. The summed E-state index contributed by atoms with van der Waals surface area (Å²) in [6.45, 7) is 0.329. The van der Waals surface area contributed by atoms with Gasteiger partial charge < -0.3 is 41.0 Å². The Morgan fingerprint density at radius 2 is 1.83 bits per heavy atom. The number of hydrogen-bond acceptors (Lipinski definition) is 8. The summed E-state index contributed by atoms with van der Waals surface area (Å²) in [5.74, 6) is -0.883. The molecule has 0 aliphatic carbocycles. The molecule has 7 N–H and O–H groups in total. The fourth-order valence-electron chi connectivity index (χ4n) is 3.15. The van der Waals surface area contributed by atoms with Crippen LogP contribution in [0.4, 0.5) is 4.39 Å². The van der Waals surface area contributed by atoms with E-state index in [4.69, 9.17) is 15.2 Å². The summed E-state index contributed by atoms with van der Waals surface area (Å²) in [6.07, 6.45) is -6.02. The Labute approximate surface area is 174 Å². The van der Waals surface area contributed by atoms with E-state index in [1.807, 2.05) is 0 Å². The quantitative estimate of drug-likeness (QED) is 0.257. The lowest BCUT2D eigenvalue weighted by Gasteiger charge is -2.39. The predicted molar refractivity (Wildman–Crippen MR) is 105 cm³/mol. The third kappa shape index (κ3) is 6.34. The number of halogens is 1. The SMILES string of the molecule is NCCCCCCNC(=O)C(F)c1ccccc1O[C@@H]1O[C@H](CO)[C@@H](O)[C@@H](O)[C@@H]1O. The standard InChI is InChI=1S/C20H31FN2O7/c21-15(19(28)23-10-6-2-1-5-9-22)12-7-3-4-8-13(12)29-20-18(27)17(26)16(25)14(11-24)30-20/h3-4,7-8,14-18,20,24-27H,1-2,5-6,9-11,22H2,(H,23,28)/t14-,15?,16-,17-,18+,20-/m1/s1. The van der Waals surface area contributed by atoms with E-state index in [0.29, 0.717) is 19.5 Å². The third-order valence-corrected chi connectivity index (χ3v) is 4.94. The first-order valence-electron chi connectivity index (χ1n) is 10.1. The molecule has 0 saturated carbocycles. The molecule has 170 valence electrons. The van der Waals surface area contributed by atoms with Gasteiger partial charge in [-0.15, -0.1) is 0 Å². The maximum Gasteiger partial charge on any atom is 0.259 e. The summed E-state index contributed by atoms with van der Waals surface area (Å²) in [5, 5.41) is 41.6. The van der Waals surface area contributed by atoms with E-state index < -0.39 is 49.4 Å². The van der Waals surface area contributed by atoms with Gasteiger partial charge in [-0.05, 0) is 25.5 Å². The van der Waals surface area contributed by atoms with Crippen LogP contribution in [0.5, 0.6) is 5.75 Å². The van der Waals surface area contributed by atoms with Crippen LogP contribution >= 0.6 is 0 Å². The molecule has 1 unspecified atom stereocenters. The normalized spacial score (nSPS) is 27.5. The fraction of sp³-hybridized carbons (Fsp3) is 0.650. The largest absolute Gasteiger partial charge is 0.462 e. The van der Waals surface area contributed by atoms with Crippen LogP contribution in [0, 0.1) is 0 Å². The molecule has 2 rings (SSSR count). The van der Waals surface area contributed by atoms with Gasteiger partial charge in [0.2, 0.25) is 12.5 Å². The van der Waals surface area contributed by atoms with Crippen LogP contribution in [0.3, 0.4) is 0 Å². The van der Waals surface area contributed by atoms with Crippen LogP contribution in [-0.4, -0.2) is 76.7 Å². The maximum atomic E-state index is 14.8. The Kier molecular flexibility index (Phi) is 9.89. The van der Waals surface area contributed by atoms with Crippen LogP contribution in [-0.2, 0) is 9.53 Å². The van der Waals surface area contributed by atoms with Crippen molar-refractivity contribution in [2.24, 2.45) is 5.73 Å². The van der Waals surface area contributed by atoms with Crippen molar-refractivity contribution >= 4 is 5.91 Å². The second-order valence-corrected chi connectivity index (χ2v) is 7.21. The van der Waals surface area contributed by atoms with E-state index in [1.165, 1.54) is 18.2 Å². The van der Waals surface area contributed by atoms with Crippen molar-refractivity contribution in [3.8, 4) is 5.75 Å². The number of nitrogens with two attached hydrogens (primary N) is 1. The molecule has 0 bridgehead atoms. The maximum absolute atomic E-state index is 14.8. The fourth-order valence-corrected chi connectivity index (χ4v) is 3.15. The van der Waals surface area contributed by atoms with Gasteiger partial charge in [0.1, 0.15) is 30.2 Å². The van der Waals surface area contributed by atoms with E-state index in [1.54, 1.807) is 6.07 Å². The number of carbonyl (C=O) groups excluding carboxylic acids is 1. The Morgan fingerprint density at radius 1 is 1.13 bits per heavy atom. The molecule has 1 aromatic rings. The van der Waals surface area contributed by atoms with E-state index in [2.05, 4.69) is 5.32 Å². The number of alkyl halides is 1. The number of rotatable bonds is 11. The van der Waals surface area contributed by atoms with Crippen LogP contribution in [0.25, 0.3) is 0 Å². The molecule has 1 amide bonds. The van der Waals surface area contributed by atoms with Gasteiger partial charge in [-0.3, -0.25) is 4.79 Å². The van der Waals surface area contributed by atoms with Crippen molar-refractivity contribution in [2.45, 2.75) is 62.6 Å². The zero-order valence-electron chi connectivity index (χ0n) is 16.7. The second kappa shape index (κ2) is 12.1. The lowest BCUT2D eigenvalue weighted by Crippen LogP contribution is -2.60. The number of amides is 1. The minimum Gasteiger partial charge on any atom is -0.462 e. The van der Waals surface area contributed by atoms with Gasteiger partial charge in [-0.1, -0.05) is 31.0 Å². The Hall–Kier alpha value is -1.82. The molecule has 30 heavy (non-hydrogen) atoms. The lowest BCUT2D eigenvalue weighted by atomic mass is 9.99. The molecule has 1 aliphatic heterocycles. The monoisotopic (exact) mass is 430 g/mol. The van der Waals surface area contributed by atoms with E-state index >= 15 is 0 Å². The van der Waals surface area contributed by atoms with Gasteiger partial charge in [0, 0.05) is 12.1 Å². The average molecular weight is 430 g/mol. The molecule has 1 aliphatic rings. The highest BCUT2D eigenvalue weighted by Gasteiger charge is 2.45. The van der Waals surface area contributed by atoms with E-state index in [9.17, 15) is 29.6 Å². The van der Waals surface area contributed by atoms with Crippen LogP contribution in [0.2, 0.25) is 0 Å². The number of unbranched alkanes of at least 4 members (excludes halogenated alkanes) is 3. The summed E-state index contributed by atoms with van der Waals surface area (Å²) < 4.78 is 25.6. The molecule has 1 heterocycles. The first-order valence-corrected chi connectivity index (χ1v) is 10.1. The molecule has 0 spiro atoms. The van der Waals surface area contributed by atoms with Crippen molar-refractivity contribution in [1.82, 2.24) is 5.32 Å². The molecule has 1 saturated heterocycles. The highest BCUT2D eigenvalue weighted by atomic mass is 19.1. The minimum absolute atomic E-state index is 0.0626. The molecule has 6 atom stereocenters. The minimum atomic E-state index is -2.02. The number of aliphatic hydroxyl groups is 4. The number of hydrogen-bond donors (Lipinski definition) is 6. The van der Waals surface area contributed by atoms with Crippen molar-refractivity contribution in [3.05, 3.63) is 29.8 Å². The van der Waals surface area contributed by atoms with E-state index in [-0.39, 0.29) is 11.3 Å². The number of para-hydroxylation sites is 1. The van der Waals surface area contributed by atoms with Gasteiger partial charge in [-0.2, -0.15) is 0 Å². The second-order valence-electron chi connectivity index (χ2n) is 7.21. The summed E-state index contributed by atoms with van der Waals surface area (Å²) in [4.78, 5) is 12.2. The molecule has 0 radical (unpaired) electrons. The molecular weight excluding hydrogens is 399 g/mol. The Morgan fingerprint density at radius 3 is 2.53 bits per heavy atom. The van der Waals surface area contributed by atoms with E-state index in [0.717, 1.165) is 19.3 Å². The number of ether oxygens (including phenoxy) is 2. The van der Waals surface area contributed by atoms with Crippen molar-refractivity contribution in [1.29, 1.82) is 0 Å². The summed E-state index contributed by atoms with van der Waals surface area (Å²) >= 11 is 0. The topological polar surface area (TPSA) is 154 Å². The number of carbonyl (C=O) groups is 1. The van der Waals surface area contributed by atoms with Gasteiger partial charge in [0.15, 0.2) is 0 Å². The zero-order valence-corrected chi connectivity index (χ0v) is 16.7. The van der Waals surface area contributed by atoms with Crippen molar-refractivity contribution in [2.75, 3.05) is 19.7 Å². The van der Waals surface area contributed by atoms with Crippen molar-refractivity contribution < 1.29 is 39.1 Å². The first-order chi connectivity index (χ1) is 14.4. The van der Waals surface area contributed by atoms with Gasteiger partial charge in [0.25, 0.3) is 5.91 Å². The molecule has 1 aromatic carbocycles. The predicted octanol–water partition coefficient (Wildman–Crippen LogP) is -0.489. The van der Waals surface area contributed by atoms with Crippen LogP contribution in [0.1, 0.15) is 37.4 Å². The average Bonchev–Trinajstić information content (AvgIpc) is 2.76. The Bertz CT molecular complexity index is 664. The lowest BCUT2D eigenvalue weighted by molar-refractivity contribution is -0.277. The smallest absolute Gasteiger partial charge is 0.259 e. The zero-order chi connectivity index (χ0) is 22.1. The number of aliphatic hydroxyl groups excluding tert-OH is 4. The third-order valence-electron chi connectivity index (χ3n) is 4.94. The molecular formula is C20H31FN2O7. The molecule has 10 heteroatoms. The van der Waals surface area contributed by atoms with Gasteiger partial charge in [-0.25, -0.2) is 4.39 Å². The van der Waals surface area contributed by atoms with Crippen molar-refractivity contribution in [3.63, 3.8) is 0 Å². The number of nitrogens with one attached hydrogen (secondary N) is 1. The summed E-state index contributed by atoms with van der Waals surface area (Å²) in [7, 11) is 0. The van der Waals surface area contributed by atoms with Gasteiger partial charge >= 0.3 is 0 Å². The summed E-state index contributed by atoms with van der Waals surface area (Å²) in [6, 6.07) is 5.83. The van der Waals surface area contributed by atoms with Crippen LogP contribution < -0.4 is 15.8 Å². The number of benzene rings is 1.